The largest absolute Gasteiger partial charge is 0.495 e. The minimum Gasteiger partial charge on any atom is -0.495 e. The van der Waals surface area contributed by atoms with Crippen molar-refractivity contribution in [2.24, 2.45) is 0 Å². The van der Waals surface area contributed by atoms with Crippen molar-refractivity contribution in [3.8, 4) is 5.75 Å². The molecule has 0 aliphatic carbocycles. The first-order valence-corrected chi connectivity index (χ1v) is 13.6. The third-order valence-electron chi connectivity index (χ3n) is 5.69. The van der Waals surface area contributed by atoms with E-state index in [9.17, 15) is 13.2 Å². The number of aromatic nitrogens is 2. The molecule has 1 aliphatic rings. The van der Waals surface area contributed by atoms with Crippen LogP contribution in [0.15, 0.2) is 71.2 Å². The summed E-state index contributed by atoms with van der Waals surface area (Å²) in [6.45, 7) is 4.76. The number of benzene rings is 2. The van der Waals surface area contributed by atoms with Crippen molar-refractivity contribution in [3.63, 3.8) is 0 Å². The Bertz CT molecular complexity index is 1340. The number of aromatic amines is 1. The van der Waals surface area contributed by atoms with E-state index in [2.05, 4.69) is 11.6 Å². The standard InChI is InChI=1S/C25H27N3O4S2/c1-3-17-33-25-26-20-9-5-6-10-21(20)28(25)24(29)14-12-19-11-13-22(32-2)23(18-19)34(30,31)27-15-7-4-8-16-27/h3,5-6,9-14,18H,1,4,7-8,15-17H2,2H3/p+1/b14-12+. The molecule has 7 nitrogen and oxygen atoms in total. The predicted molar refractivity (Wildman–Crippen MR) is 135 cm³/mol. The quantitative estimate of drug-likeness (QED) is 0.263. The third-order valence-corrected chi connectivity index (χ3v) is 8.57. The number of carbonyl (C=O) groups is 1. The number of rotatable bonds is 8. The minimum absolute atomic E-state index is 0.119. The van der Waals surface area contributed by atoms with Gasteiger partial charge in [-0.15, -0.1) is 11.1 Å². The second kappa shape index (κ2) is 10.6. The average Bonchev–Trinajstić information content (AvgIpc) is 3.24. The van der Waals surface area contributed by atoms with Crippen LogP contribution >= 0.6 is 11.8 Å². The zero-order valence-electron chi connectivity index (χ0n) is 19.1. The summed E-state index contributed by atoms with van der Waals surface area (Å²) in [5.41, 5.74) is 2.23. The predicted octanol–water partition coefficient (Wildman–Crippen LogP) is 4.27. The summed E-state index contributed by atoms with van der Waals surface area (Å²) in [7, 11) is -2.23. The number of sulfonamides is 1. The number of methoxy groups -OCH3 is 1. The molecule has 1 aromatic heterocycles. The van der Waals surface area contributed by atoms with E-state index in [0.717, 1.165) is 30.3 Å². The summed E-state index contributed by atoms with van der Waals surface area (Å²) in [6.07, 6.45) is 7.60. The normalized spacial score (nSPS) is 15.1. The summed E-state index contributed by atoms with van der Waals surface area (Å²) >= 11 is 1.48. The number of para-hydroxylation sites is 2. The first kappa shape index (κ1) is 24.3. The molecule has 0 bridgehead atoms. The number of allylic oxidation sites excluding steroid dienone is 1. The number of hydrogen-bond acceptors (Lipinski definition) is 5. The second-order valence-corrected chi connectivity index (χ2v) is 10.8. The highest BCUT2D eigenvalue weighted by molar-refractivity contribution is 7.99. The van der Waals surface area contributed by atoms with Gasteiger partial charge in [-0.3, -0.25) is 0 Å². The number of thioether (sulfide) groups is 1. The molecule has 0 radical (unpaired) electrons. The number of carbonyl (C=O) groups excluding carboxylic acids is 1. The number of ether oxygens (including phenoxy) is 1. The fourth-order valence-electron chi connectivity index (χ4n) is 4.00. The summed E-state index contributed by atoms with van der Waals surface area (Å²) in [4.78, 5) is 16.6. The zero-order valence-corrected chi connectivity index (χ0v) is 20.7. The summed E-state index contributed by atoms with van der Waals surface area (Å²) in [6, 6.07) is 12.5. The van der Waals surface area contributed by atoms with Crippen LogP contribution in [-0.2, 0) is 10.0 Å². The van der Waals surface area contributed by atoms with E-state index in [1.165, 1.54) is 29.3 Å². The molecule has 3 aromatic rings. The molecule has 178 valence electrons. The Hall–Kier alpha value is -2.88. The molecule has 0 unspecified atom stereocenters. The number of H-pyrrole nitrogens is 1. The number of nitrogens with zero attached hydrogens (tertiary/aromatic N) is 2. The van der Waals surface area contributed by atoms with Gasteiger partial charge < -0.3 is 4.74 Å². The summed E-state index contributed by atoms with van der Waals surface area (Å²) < 4.78 is 35.0. The van der Waals surface area contributed by atoms with Crippen molar-refractivity contribution in [2.45, 2.75) is 29.3 Å². The van der Waals surface area contributed by atoms with Crippen LogP contribution in [0.2, 0.25) is 0 Å². The Balaban J connectivity index is 1.66. The number of fused-ring (bicyclic) bond motifs is 1. The van der Waals surface area contributed by atoms with Crippen LogP contribution in [0.3, 0.4) is 0 Å². The van der Waals surface area contributed by atoms with Crippen LogP contribution in [0.5, 0.6) is 5.75 Å². The second-order valence-electron chi connectivity index (χ2n) is 7.93. The molecule has 4 rings (SSSR count). The molecule has 0 spiro atoms. The average molecular weight is 499 g/mol. The van der Waals surface area contributed by atoms with Crippen molar-refractivity contribution in [1.29, 1.82) is 0 Å². The lowest BCUT2D eigenvalue weighted by Gasteiger charge is -2.26. The van der Waals surface area contributed by atoms with Gasteiger partial charge in [-0.25, -0.2) is 18.2 Å². The monoisotopic (exact) mass is 498 g/mol. The van der Waals surface area contributed by atoms with Gasteiger partial charge in [0.2, 0.25) is 10.0 Å². The molecule has 2 heterocycles. The maximum absolute atomic E-state index is 13.3. The SMILES string of the molecule is C=CCSc1[nH+]c2ccccc2n1C(=O)/C=C/c1ccc(OC)c(S(=O)(=O)N2CCCCC2)c1. The third kappa shape index (κ3) is 4.96. The number of piperidine rings is 1. The van der Waals surface area contributed by atoms with Crippen LogP contribution < -0.4 is 9.72 Å². The van der Waals surface area contributed by atoms with E-state index in [1.807, 2.05) is 24.3 Å². The first-order chi connectivity index (χ1) is 16.5. The lowest BCUT2D eigenvalue weighted by Crippen LogP contribution is -2.35. The van der Waals surface area contributed by atoms with Crippen molar-refractivity contribution >= 4 is 44.8 Å². The molecule has 1 fully saturated rings. The molecule has 1 aliphatic heterocycles. The van der Waals surface area contributed by atoms with Gasteiger partial charge in [0.25, 0.3) is 0 Å². The molecular weight excluding hydrogens is 470 g/mol. The van der Waals surface area contributed by atoms with Gasteiger partial charge in [0.1, 0.15) is 10.6 Å². The minimum atomic E-state index is -3.69. The van der Waals surface area contributed by atoms with Crippen molar-refractivity contribution in [2.75, 3.05) is 26.0 Å². The highest BCUT2D eigenvalue weighted by Crippen LogP contribution is 2.30. The fraction of sp³-hybridized carbons (Fsp3) is 0.280. The number of hydrogen-bond donors (Lipinski definition) is 0. The van der Waals surface area contributed by atoms with Gasteiger partial charge in [0, 0.05) is 24.9 Å². The van der Waals surface area contributed by atoms with Gasteiger partial charge in [0.05, 0.1) is 7.11 Å². The smallest absolute Gasteiger partial charge is 0.339 e. The first-order valence-electron chi connectivity index (χ1n) is 11.1. The van der Waals surface area contributed by atoms with E-state index in [4.69, 9.17) is 4.74 Å². The Labute approximate surface area is 204 Å². The van der Waals surface area contributed by atoms with Crippen molar-refractivity contribution in [3.05, 3.63) is 66.8 Å². The van der Waals surface area contributed by atoms with Crippen LogP contribution in [0.1, 0.15) is 29.6 Å². The highest BCUT2D eigenvalue weighted by Gasteiger charge is 2.29. The van der Waals surface area contributed by atoms with E-state index in [-0.39, 0.29) is 10.8 Å². The molecule has 0 saturated carbocycles. The number of imidazole rings is 1. The molecule has 0 atom stereocenters. The molecule has 2 aromatic carbocycles. The summed E-state index contributed by atoms with van der Waals surface area (Å²) in [5.74, 6) is 0.712. The maximum atomic E-state index is 13.3. The molecule has 9 heteroatoms. The molecule has 1 saturated heterocycles. The topological polar surface area (TPSA) is 82.8 Å². The number of nitrogens with one attached hydrogen (secondary N) is 1. The van der Waals surface area contributed by atoms with Crippen LogP contribution in [0.4, 0.5) is 0 Å². The van der Waals surface area contributed by atoms with E-state index in [0.29, 0.717) is 35.3 Å². The Morgan fingerprint density at radius 2 is 1.94 bits per heavy atom. The van der Waals surface area contributed by atoms with Crippen LogP contribution in [0, 0.1) is 0 Å². The van der Waals surface area contributed by atoms with Crippen LogP contribution in [-0.4, -0.2) is 49.1 Å². The fourth-order valence-corrected chi connectivity index (χ4v) is 6.48. The lowest BCUT2D eigenvalue weighted by molar-refractivity contribution is -0.398. The van der Waals surface area contributed by atoms with Crippen molar-refractivity contribution in [1.82, 2.24) is 8.87 Å². The Morgan fingerprint density at radius 3 is 2.68 bits per heavy atom. The summed E-state index contributed by atoms with van der Waals surface area (Å²) in [5, 5.41) is 0.707. The van der Waals surface area contributed by atoms with Crippen molar-refractivity contribution < 1.29 is 22.9 Å². The van der Waals surface area contributed by atoms with E-state index in [1.54, 1.807) is 34.9 Å². The molecular formula is C25H28N3O4S2+. The maximum Gasteiger partial charge on any atom is 0.339 e. The molecule has 34 heavy (non-hydrogen) atoms. The lowest BCUT2D eigenvalue weighted by atomic mass is 10.2. The zero-order chi connectivity index (χ0) is 24.1. The molecule has 0 amide bonds. The van der Waals surface area contributed by atoms with Gasteiger partial charge in [-0.2, -0.15) is 4.31 Å². The van der Waals surface area contributed by atoms with E-state index >= 15 is 0 Å². The van der Waals surface area contributed by atoms with Gasteiger partial charge in [-0.05, 0) is 60.5 Å². The molecule has 1 N–H and O–H groups in total. The van der Waals surface area contributed by atoms with Crippen LogP contribution in [0.25, 0.3) is 17.1 Å². The van der Waals surface area contributed by atoms with Gasteiger partial charge in [0.15, 0.2) is 11.0 Å². The van der Waals surface area contributed by atoms with Gasteiger partial charge in [-0.1, -0.05) is 30.7 Å². The van der Waals surface area contributed by atoms with Gasteiger partial charge >= 0.3 is 11.1 Å². The Morgan fingerprint density at radius 1 is 1.18 bits per heavy atom. The van der Waals surface area contributed by atoms with E-state index < -0.39 is 10.0 Å². The Kier molecular flexibility index (Phi) is 7.55. The highest BCUT2D eigenvalue weighted by atomic mass is 32.2.